The summed E-state index contributed by atoms with van der Waals surface area (Å²) in [6, 6.07) is 17.7. The molecule has 2 aromatic carbocycles. The molecule has 2 aliphatic rings. The number of alkyl halides is 3. The second-order valence-corrected chi connectivity index (χ2v) is 8.99. The number of ether oxygens (including phenoxy) is 1. The topological polar surface area (TPSA) is 9.23 Å². The third kappa shape index (κ3) is 4.91. The molecule has 2 atom stereocenters. The van der Waals surface area contributed by atoms with Crippen LogP contribution in [0, 0.1) is 11.8 Å². The number of halogens is 3. The van der Waals surface area contributed by atoms with Crippen molar-refractivity contribution >= 4 is 0 Å². The van der Waals surface area contributed by atoms with E-state index in [0.29, 0.717) is 18.3 Å². The van der Waals surface area contributed by atoms with Crippen molar-refractivity contribution in [1.29, 1.82) is 0 Å². The first-order valence-corrected chi connectivity index (χ1v) is 11.3. The van der Waals surface area contributed by atoms with Gasteiger partial charge in [-0.2, -0.15) is 13.2 Å². The summed E-state index contributed by atoms with van der Waals surface area (Å²) in [5, 5.41) is 0. The van der Waals surface area contributed by atoms with Gasteiger partial charge in [-0.15, -0.1) is 0 Å². The second kappa shape index (κ2) is 9.13. The van der Waals surface area contributed by atoms with E-state index in [1.54, 1.807) is 0 Å². The summed E-state index contributed by atoms with van der Waals surface area (Å²) in [5.41, 5.74) is 5.23. The minimum atomic E-state index is -4.22. The van der Waals surface area contributed by atoms with Crippen molar-refractivity contribution in [2.24, 2.45) is 11.8 Å². The molecule has 0 bridgehead atoms. The highest BCUT2D eigenvalue weighted by Crippen LogP contribution is 2.43. The quantitative estimate of drug-likeness (QED) is 0.500. The molecule has 4 heteroatoms. The lowest BCUT2D eigenvalue weighted by atomic mass is 9.72. The minimum absolute atomic E-state index is 0.120. The standard InChI is InChI=1S/C26H31F3O/c1-2-18-3-5-19(6-4-18)20-7-9-21(10-8-20)22-11-13-23(14-12-22)24-15-16-25(30-17-24)26(27,28)29/h3-10,22-25H,2,11-17H2,1H3. The molecule has 2 unspecified atom stereocenters. The zero-order chi connectivity index (χ0) is 21.1. The van der Waals surface area contributed by atoms with E-state index in [9.17, 15) is 13.2 Å². The van der Waals surface area contributed by atoms with E-state index >= 15 is 0 Å². The normalized spacial score (nSPS) is 27.7. The Hall–Kier alpha value is -1.81. The van der Waals surface area contributed by atoms with Gasteiger partial charge in [-0.25, -0.2) is 0 Å². The zero-order valence-corrected chi connectivity index (χ0v) is 17.6. The maximum atomic E-state index is 12.8. The number of rotatable bonds is 4. The summed E-state index contributed by atoms with van der Waals surface area (Å²) in [5.74, 6) is 1.36. The molecular weight excluding hydrogens is 385 g/mol. The maximum Gasteiger partial charge on any atom is 0.414 e. The van der Waals surface area contributed by atoms with Crippen LogP contribution in [0.4, 0.5) is 13.2 Å². The first-order valence-electron chi connectivity index (χ1n) is 11.3. The molecule has 2 aromatic rings. The van der Waals surface area contributed by atoms with E-state index in [-0.39, 0.29) is 18.9 Å². The first kappa shape index (κ1) is 21.4. The molecule has 0 amide bonds. The van der Waals surface area contributed by atoms with E-state index in [1.165, 1.54) is 22.3 Å². The van der Waals surface area contributed by atoms with Crippen LogP contribution >= 0.6 is 0 Å². The van der Waals surface area contributed by atoms with E-state index < -0.39 is 12.3 Å². The highest BCUT2D eigenvalue weighted by atomic mass is 19.4. The summed E-state index contributed by atoms with van der Waals surface area (Å²) in [7, 11) is 0. The fourth-order valence-electron chi connectivity index (χ4n) is 5.21. The molecule has 0 N–H and O–H groups in total. The molecule has 0 radical (unpaired) electrons. The Bertz CT molecular complexity index is 794. The summed E-state index contributed by atoms with van der Waals surface area (Å²) >= 11 is 0. The van der Waals surface area contributed by atoms with Gasteiger partial charge in [0.15, 0.2) is 6.10 Å². The third-order valence-corrected chi connectivity index (χ3v) is 7.19. The number of hydrogen-bond acceptors (Lipinski definition) is 1. The predicted molar refractivity (Wildman–Crippen MR) is 114 cm³/mol. The van der Waals surface area contributed by atoms with Crippen LogP contribution in [0.2, 0.25) is 0 Å². The third-order valence-electron chi connectivity index (χ3n) is 7.19. The van der Waals surface area contributed by atoms with E-state index in [2.05, 4.69) is 55.5 Å². The van der Waals surface area contributed by atoms with E-state index in [4.69, 9.17) is 4.74 Å². The summed E-state index contributed by atoms with van der Waals surface area (Å²) in [6.07, 6.45) is 0.472. The van der Waals surface area contributed by atoms with Crippen LogP contribution in [0.15, 0.2) is 48.5 Å². The van der Waals surface area contributed by atoms with Gasteiger partial charge < -0.3 is 4.74 Å². The van der Waals surface area contributed by atoms with Gasteiger partial charge in [-0.3, -0.25) is 0 Å². The number of benzene rings is 2. The van der Waals surface area contributed by atoms with Crippen molar-refractivity contribution in [1.82, 2.24) is 0 Å². The molecule has 4 rings (SSSR count). The van der Waals surface area contributed by atoms with Crippen LogP contribution < -0.4 is 0 Å². The van der Waals surface area contributed by atoms with Crippen LogP contribution in [0.1, 0.15) is 62.5 Å². The number of aryl methyl sites for hydroxylation is 1. The van der Waals surface area contributed by atoms with Crippen LogP contribution in [0.3, 0.4) is 0 Å². The molecule has 1 nitrogen and oxygen atoms in total. The number of hydrogen-bond donors (Lipinski definition) is 0. The van der Waals surface area contributed by atoms with Gasteiger partial charge in [0.2, 0.25) is 0 Å². The first-order chi connectivity index (χ1) is 14.4. The van der Waals surface area contributed by atoms with Crippen molar-refractivity contribution in [3.05, 3.63) is 59.7 Å². The molecule has 1 saturated carbocycles. The van der Waals surface area contributed by atoms with Crippen molar-refractivity contribution in [3.8, 4) is 11.1 Å². The maximum absolute atomic E-state index is 12.8. The molecule has 1 aliphatic carbocycles. The van der Waals surface area contributed by atoms with Gasteiger partial charge in [-0.1, -0.05) is 55.5 Å². The Morgan fingerprint density at radius 3 is 1.83 bits per heavy atom. The lowest BCUT2D eigenvalue weighted by molar-refractivity contribution is -0.238. The average molecular weight is 417 g/mol. The van der Waals surface area contributed by atoms with Gasteiger partial charge >= 0.3 is 6.18 Å². The van der Waals surface area contributed by atoms with E-state index in [0.717, 1.165) is 32.1 Å². The molecule has 162 valence electrons. The lowest BCUT2D eigenvalue weighted by Crippen LogP contribution is -2.39. The second-order valence-electron chi connectivity index (χ2n) is 8.99. The fraction of sp³-hybridized carbons (Fsp3) is 0.538. The minimum Gasteiger partial charge on any atom is -0.368 e. The van der Waals surface area contributed by atoms with Crippen LogP contribution in [-0.4, -0.2) is 18.9 Å². The van der Waals surface area contributed by atoms with Gasteiger partial charge in [0.25, 0.3) is 0 Å². The Labute approximate surface area is 177 Å². The van der Waals surface area contributed by atoms with Crippen molar-refractivity contribution in [2.75, 3.05) is 6.61 Å². The Morgan fingerprint density at radius 2 is 1.33 bits per heavy atom. The SMILES string of the molecule is CCc1ccc(-c2ccc(C3CCC(C4CCC(C(F)(F)F)OC4)CC3)cc2)cc1. The molecule has 30 heavy (non-hydrogen) atoms. The van der Waals surface area contributed by atoms with Crippen molar-refractivity contribution < 1.29 is 17.9 Å². The van der Waals surface area contributed by atoms with E-state index in [1.807, 2.05) is 0 Å². The van der Waals surface area contributed by atoms with Crippen LogP contribution in [0.5, 0.6) is 0 Å². The highest BCUT2D eigenvalue weighted by Gasteiger charge is 2.44. The molecule has 1 heterocycles. The Balaban J connectivity index is 1.30. The average Bonchev–Trinajstić information content (AvgIpc) is 2.79. The van der Waals surface area contributed by atoms with Crippen molar-refractivity contribution in [2.45, 2.75) is 70.1 Å². The molecule has 0 aromatic heterocycles. The summed E-state index contributed by atoms with van der Waals surface area (Å²) in [4.78, 5) is 0. The predicted octanol–water partition coefficient (Wildman–Crippen LogP) is 7.55. The molecule has 2 fully saturated rings. The Kier molecular flexibility index (Phi) is 6.52. The van der Waals surface area contributed by atoms with Crippen LogP contribution in [0.25, 0.3) is 11.1 Å². The van der Waals surface area contributed by atoms with Crippen LogP contribution in [-0.2, 0) is 11.2 Å². The van der Waals surface area contributed by atoms with Crippen molar-refractivity contribution in [3.63, 3.8) is 0 Å². The smallest absolute Gasteiger partial charge is 0.368 e. The van der Waals surface area contributed by atoms with Gasteiger partial charge in [0.1, 0.15) is 0 Å². The lowest BCUT2D eigenvalue weighted by Gasteiger charge is -2.38. The molecular formula is C26H31F3O. The van der Waals surface area contributed by atoms with Gasteiger partial charge in [0.05, 0.1) is 6.61 Å². The van der Waals surface area contributed by atoms with Gasteiger partial charge in [-0.05, 0) is 85.0 Å². The Morgan fingerprint density at radius 1 is 0.767 bits per heavy atom. The zero-order valence-electron chi connectivity index (χ0n) is 17.6. The summed E-state index contributed by atoms with van der Waals surface area (Å²) in [6.45, 7) is 2.43. The molecule has 1 saturated heterocycles. The fourth-order valence-corrected chi connectivity index (χ4v) is 5.21. The molecule has 0 spiro atoms. The van der Waals surface area contributed by atoms with Gasteiger partial charge in [0, 0.05) is 0 Å². The molecule has 1 aliphatic heterocycles. The summed E-state index contributed by atoms with van der Waals surface area (Å²) < 4.78 is 43.6. The largest absolute Gasteiger partial charge is 0.414 e. The highest BCUT2D eigenvalue weighted by molar-refractivity contribution is 5.64. The monoisotopic (exact) mass is 416 g/mol.